The number of aryl methyl sites for hydroxylation is 2. The van der Waals surface area contributed by atoms with Gasteiger partial charge in [0.1, 0.15) is 11.2 Å². The second kappa shape index (κ2) is 10.8. The number of rotatable bonds is 5. The second-order valence-corrected chi connectivity index (χ2v) is 9.80. The molecule has 1 amide bonds. The molecule has 1 aliphatic rings. The van der Waals surface area contributed by atoms with Crippen LogP contribution in [-0.2, 0) is 4.74 Å². The molecule has 2 N–H and O–H groups in total. The molecule has 0 saturated carbocycles. The van der Waals surface area contributed by atoms with Crippen molar-refractivity contribution in [2.75, 3.05) is 36.5 Å². The molecule has 200 valence electrons. The van der Waals surface area contributed by atoms with Crippen molar-refractivity contribution in [3.63, 3.8) is 0 Å². The highest BCUT2D eigenvalue weighted by atomic mass is 32.1. The summed E-state index contributed by atoms with van der Waals surface area (Å²) in [6, 6.07) is 14.0. The number of hydrogen-bond donors (Lipinski definition) is 2. The first-order valence-electron chi connectivity index (χ1n) is 12.4. The average molecular weight is 546 g/mol. The molecule has 0 aliphatic carbocycles. The lowest BCUT2D eigenvalue weighted by Gasteiger charge is -2.28. The molecule has 3 aromatic carbocycles. The highest BCUT2D eigenvalue weighted by Gasteiger charge is 2.24. The lowest BCUT2D eigenvalue weighted by Crippen LogP contribution is -2.37. The number of nitrogens with zero attached hydrogens (tertiary/aromatic N) is 3. The van der Waals surface area contributed by atoms with E-state index >= 15 is 0 Å². The number of anilines is 2. The first-order valence-corrected chi connectivity index (χ1v) is 12.8. The molecule has 0 spiro atoms. The van der Waals surface area contributed by atoms with Gasteiger partial charge in [0.15, 0.2) is 10.7 Å². The minimum Gasteiger partial charge on any atom is -0.436 e. The Balaban J connectivity index is 1.33. The molecule has 0 radical (unpaired) electrons. The fourth-order valence-electron chi connectivity index (χ4n) is 4.71. The van der Waals surface area contributed by atoms with Crippen LogP contribution in [-0.4, -0.2) is 47.2 Å². The highest BCUT2D eigenvalue weighted by Crippen LogP contribution is 2.32. The van der Waals surface area contributed by atoms with Crippen LogP contribution in [0.1, 0.15) is 27.0 Å². The quantitative estimate of drug-likeness (QED) is 0.196. The Hall–Kier alpha value is -4.35. The molecule has 1 aliphatic heterocycles. The number of ether oxygens (including phenoxy) is 1. The van der Waals surface area contributed by atoms with E-state index < -0.39 is 10.8 Å². The predicted octanol–water partition coefficient (Wildman–Crippen LogP) is 5.29. The molecule has 39 heavy (non-hydrogen) atoms. The van der Waals surface area contributed by atoms with Crippen LogP contribution in [0.15, 0.2) is 52.9 Å². The largest absolute Gasteiger partial charge is 0.436 e. The van der Waals surface area contributed by atoms with E-state index in [1.165, 1.54) is 6.07 Å². The van der Waals surface area contributed by atoms with Gasteiger partial charge in [0.2, 0.25) is 5.89 Å². The van der Waals surface area contributed by atoms with Crippen molar-refractivity contribution in [2.24, 2.45) is 0 Å². The average Bonchev–Trinajstić information content (AvgIpc) is 3.34. The standard InChI is InChI=1S/C28H27N5O5S/c1-16-13-17(2)25-22(14-16)29-27(38-25)20-5-4-6-21(18(20)3)30-28(39)31-26(34)19-7-8-23(24(15-19)33(35)36)32-9-11-37-12-10-32/h4-8,13-15H,9-12H2,1-3H3,(H2,30,31,34,39). The summed E-state index contributed by atoms with van der Waals surface area (Å²) < 4.78 is 11.4. The van der Waals surface area contributed by atoms with E-state index in [2.05, 4.69) is 15.6 Å². The van der Waals surface area contributed by atoms with Gasteiger partial charge in [-0.15, -0.1) is 0 Å². The van der Waals surface area contributed by atoms with E-state index in [9.17, 15) is 14.9 Å². The minimum atomic E-state index is -0.553. The van der Waals surface area contributed by atoms with E-state index in [1.807, 2.05) is 56.0 Å². The number of aromatic nitrogens is 1. The monoisotopic (exact) mass is 545 g/mol. The zero-order valence-electron chi connectivity index (χ0n) is 21.7. The lowest BCUT2D eigenvalue weighted by atomic mass is 10.1. The van der Waals surface area contributed by atoms with E-state index in [0.29, 0.717) is 43.6 Å². The SMILES string of the molecule is Cc1cc(C)c2oc(-c3cccc(NC(=S)NC(=O)c4ccc(N5CCOCC5)c([N+](=O)[O-])c4)c3C)nc2c1. The van der Waals surface area contributed by atoms with Gasteiger partial charge in [-0.05, 0) is 80.0 Å². The van der Waals surface area contributed by atoms with Crippen molar-refractivity contribution >= 4 is 51.4 Å². The van der Waals surface area contributed by atoms with Gasteiger partial charge in [-0.3, -0.25) is 20.2 Å². The van der Waals surface area contributed by atoms with Crippen molar-refractivity contribution in [3.8, 4) is 11.5 Å². The smallest absolute Gasteiger partial charge is 0.293 e. The molecule has 0 bridgehead atoms. The molecular formula is C28H27N5O5S. The van der Waals surface area contributed by atoms with Gasteiger partial charge in [0, 0.05) is 36.0 Å². The van der Waals surface area contributed by atoms with Crippen LogP contribution < -0.4 is 15.5 Å². The molecule has 0 unspecified atom stereocenters. The summed E-state index contributed by atoms with van der Waals surface area (Å²) in [6.45, 7) is 7.98. The van der Waals surface area contributed by atoms with Crippen molar-refractivity contribution in [1.82, 2.24) is 10.3 Å². The van der Waals surface area contributed by atoms with E-state index in [0.717, 1.165) is 33.4 Å². The first kappa shape index (κ1) is 26.3. The molecular weight excluding hydrogens is 518 g/mol. The van der Waals surface area contributed by atoms with Gasteiger partial charge >= 0.3 is 0 Å². The zero-order valence-corrected chi connectivity index (χ0v) is 22.6. The Morgan fingerprint density at radius 1 is 1.10 bits per heavy atom. The summed E-state index contributed by atoms with van der Waals surface area (Å²) in [4.78, 5) is 30.7. The van der Waals surface area contributed by atoms with E-state index in [1.54, 1.807) is 12.1 Å². The number of hydrogen-bond acceptors (Lipinski definition) is 8. The number of nitrogens with one attached hydrogen (secondary N) is 2. The Bertz CT molecular complexity index is 1610. The van der Waals surface area contributed by atoms with Crippen molar-refractivity contribution in [3.05, 3.63) is 80.9 Å². The number of thiocarbonyl (C=S) groups is 1. The van der Waals surface area contributed by atoms with Crippen molar-refractivity contribution in [2.45, 2.75) is 20.8 Å². The van der Waals surface area contributed by atoms with Crippen LogP contribution in [0.5, 0.6) is 0 Å². The molecule has 0 atom stereocenters. The molecule has 11 heteroatoms. The maximum absolute atomic E-state index is 12.9. The number of carbonyl (C=O) groups is 1. The summed E-state index contributed by atoms with van der Waals surface area (Å²) in [5, 5.41) is 17.5. The number of fused-ring (bicyclic) bond motifs is 1. The number of benzene rings is 3. The fourth-order valence-corrected chi connectivity index (χ4v) is 4.91. The molecule has 4 aromatic rings. The number of morpholine rings is 1. The van der Waals surface area contributed by atoms with Gasteiger partial charge in [-0.2, -0.15) is 0 Å². The van der Waals surface area contributed by atoms with Crippen molar-refractivity contribution < 1.29 is 18.9 Å². The van der Waals surface area contributed by atoms with Gasteiger partial charge in [0.25, 0.3) is 11.6 Å². The third kappa shape index (κ3) is 5.45. The highest BCUT2D eigenvalue weighted by molar-refractivity contribution is 7.80. The summed E-state index contributed by atoms with van der Waals surface area (Å²) in [5.74, 6) is -0.0646. The van der Waals surface area contributed by atoms with Crippen molar-refractivity contribution in [1.29, 1.82) is 0 Å². The fraction of sp³-hybridized carbons (Fsp3) is 0.250. The number of oxazole rings is 1. The predicted molar refractivity (Wildman–Crippen MR) is 153 cm³/mol. The Labute approximate surface area is 230 Å². The molecule has 1 saturated heterocycles. The molecule has 1 aromatic heterocycles. The maximum Gasteiger partial charge on any atom is 0.293 e. The number of amides is 1. The van der Waals surface area contributed by atoms with Crippen LogP contribution in [0.3, 0.4) is 0 Å². The van der Waals surface area contributed by atoms with Crippen LogP contribution >= 0.6 is 12.2 Å². The van der Waals surface area contributed by atoms with Crippen LogP contribution in [0.25, 0.3) is 22.6 Å². The van der Waals surface area contributed by atoms with Gasteiger partial charge in [-0.1, -0.05) is 12.1 Å². The molecule has 2 heterocycles. The third-order valence-corrected chi connectivity index (χ3v) is 6.85. The number of nitro benzene ring substituents is 1. The van der Waals surface area contributed by atoms with Crippen LogP contribution in [0, 0.1) is 30.9 Å². The van der Waals surface area contributed by atoms with Crippen LogP contribution in [0.4, 0.5) is 17.1 Å². The summed E-state index contributed by atoms with van der Waals surface area (Å²) >= 11 is 5.39. The van der Waals surface area contributed by atoms with Gasteiger partial charge in [0.05, 0.1) is 18.1 Å². The number of nitro groups is 1. The third-order valence-electron chi connectivity index (χ3n) is 6.65. The Morgan fingerprint density at radius 2 is 1.87 bits per heavy atom. The number of carbonyl (C=O) groups excluding carboxylic acids is 1. The van der Waals surface area contributed by atoms with Gasteiger partial charge < -0.3 is 19.4 Å². The van der Waals surface area contributed by atoms with Crippen LogP contribution in [0.2, 0.25) is 0 Å². The van der Waals surface area contributed by atoms with E-state index in [4.69, 9.17) is 21.4 Å². The molecule has 10 nitrogen and oxygen atoms in total. The lowest BCUT2D eigenvalue weighted by molar-refractivity contribution is -0.384. The summed E-state index contributed by atoms with van der Waals surface area (Å²) in [6.07, 6.45) is 0. The normalized spacial score (nSPS) is 13.4. The summed E-state index contributed by atoms with van der Waals surface area (Å²) in [7, 11) is 0. The van der Waals surface area contributed by atoms with E-state index in [-0.39, 0.29) is 16.4 Å². The minimum absolute atomic E-state index is 0.0594. The Kier molecular flexibility index (Phi) is 7.27. The molecule has 5 rings (SSSR count). The second-order valence-electron chi connectivity index (χ2n) is 9.40. The first-order chi connectivity index (χ1) is 18.7. The maximum atomic E-state index is 12.9. The molecule has 1 fully saturated rings. The zero-order chi connectivity index (χ0) is 27.7. The summed E-state index contributed by atoms with van der Waals surface area (Å²) in [5.41, 5.74) is 6.38. The topological polar surface area (TPSA) is 123 Å². The Morgan fingerprint density at radius 3 is 2.62 bits per heavy atom. The van der Waals surface area contributed by atoms with Gasteiger partial charge in [-0.25, -0.2) is 4.98 Å².